The summed E-state index contributed by atoms with van der Waals surface area (Å²) >= 11 is 0. The van der Waals surface area contributed by atoms with Crippen molar-refractivity contribution in [3.63, 3.8) is 0 Å². The zero-order valence-corrected chi connectivity index (χ0v) is 19.5. The quantitative estimate of drug-likeness (QED) is 0.527. The van der Waals surface area contributed by atoms with Crippen molar-refractivity contribution in [1.29, 1.82) is 0 Å². The molecule has 1 aliphatic rings. The highest BCUT2D eigenvalue weighted by molar-refractivity contribution is 6.10. The number of halogens is 2. The topological polar surface area (TPSA) is 83.6 Å². The molecule has 7 nitrogen and oxygen atoms in total. The van der Waals surface area contributed by atoms with Gasteiger partial charge in [0.05, 0.1) is 18.4 Å². The average Bonchev–Trinajstić information content (AvgIpc) is 2.85. The van der Waals surface area contributed by atoms with E-state index in [9.17, 15) is 14.0 Å². The number of nitrogens with one attached hydrogen (secondary N) is 2. The highest BCUT2D eigenvalue weighted by Gasteiger charge is 2.27. The number of rotatable bonds is 6. The molecule has 1 aliphatic heterocycles. The second-order valence-corrected chi connectivity index (χ2v) is 7.80. The lowest BCUT2D eigenvalue weighted by molar-refractivity contribution is -0.120. The van der Waals surface area contributed by atoms with Crippen LogP contribution in [0.4, 0.5) is 21.5 Å². The number of aromatic nitrogens is 1. The minimum atomic E-state index is -0.702. The van der Waals surface area contributed by atoms with E-state index >= 15 is 0 Å². The molecule has 0 spiro atoms. The number of piperidine rings is 1. The van der Waals surface area contributed by atoms with Gasteiger partial charge in [0.15, 0.2) is 0 Å². The molecule has 2 aromatic carbocycles. The molecule has 4 rings (SSSR count). The Morgan fingerprint density at radius 2 is 1.68 bits per heavy atom. The molecular weight excluding hydrogens is 459 g/mol. The molecule has 0 bridgehead atoms. The number of anilines is 3. The van der Waals surface area contributed by atoms with Crippen molar-refractivity contribution in [1.82, 2.24) is 4.98 Å². The Morgan fingerprint density at radius 1 is 1.00 bits per heavy atom. The van der Waals surface area contributed by atoms with Crippen LogP contribution in [0.5, 0.6) is 5.75 Å². The van der Waals surface area contributed by atoms with Crippen LogP contribution in [-0.2, 0) is 4.79 Å². The summed E-state index contributed by atoms with van der Waals surface area (Å²) in [5.74, 6) is -1.13. The standard InChI is InChI=1S/C25H25FN4O3.ClH/c1-33-20-7-5-18(6-8-20)28-25(32)23-21(26)3-2-4-22(23)29-24(31)17-11-15-30(16-12-17)19-9-13-27-14-10-19;/h2-10,13-14,17H,11-12,15-16H2,1H3,(H,28,32)(H,29,31);1H. The number of ether oxygens (including phenoxy) is 1. The van der Waals surface area contributed by atoms with Crippen molar-refractivity contribution in [2.75, 3.05) is 35.7 Å². The van der Waals surface area contributed by atoms with Gasteiger partial charge in [-0.1, -0.05) is 6.07 Å². The van der Waals surface area contributed by atoms with Crippen molar-refractivity contribution >= 4 is 41.3 Å². The zero-order chi connectivity index (χ0) is 23.2. The summed E-state index contributed by atoms with van der Waals surface area (Å²) in [4.78, 5) is 32.0. The third kappa shape index (κ3) is 5.82. The first-order valence-corrected chi connectivity index (χ1v) is 10.7. The molecule has 34 heavy (non-hydrogen) atoms. The van der Waals surface area contributed by atoms with Gasteiger partial charge in [-0.2, -0.15) is 0 Å². The fourth-order valence-electron chi connectivity index (χ4n) is 3.92. The number of hydrogen-bond acceptors (Lipinski definition) is 5. The van der Waals surface area contributed by atoms with Gasteiger partial charge in [0.2, 0.25) is 5.91 Å². The van der Waals surface area contributed by atoms with E-state index in [1.807, 2.05) is 12.1 Å². The first-order chi connectivity index (χ1) is 16.0. The summed E-state index contributed by atoms with van der Waals surface area (Å²) < 4.78 is 19.7. The van der Waals surface area contributed by atoms with Crippen molar-refractivity contribution < 1.29 is 18.7 Å². The zero-order valence-electron chi connectivity index (χ0n) is 18.7. The molecule has 3 aromatic rings. The summed E-state index contributed by atoms with van der Waals surface area (Å²) in [7, 11) is 1.55. The number of amides is 2. The van der Waals surface area contributed by atoms with Crippen LogP contribution in [0, 0.1) is 11.7 Å². The van der Waals surface area contributed by atoms with Crippen LogP contribution in [0.25, 0.3) is 0 Å². The van der Waals surface area contributed by atoms with Crippen LogP contribution < -0.4 is 20.3 Å². The van der Waals surface area contributed by atoms with Crippen molar-refractivity contribution in [3.8, 4) is 5.75 Å². The first kappa shape index (κ1) is 25.0. The third-order valence-electron chi connectivity index (χ3n) is 5.74. The number of benzene rings is 2. The Kier molecular flexibility index (Phi) is 8.43. The Balaban J connectivity index is 0.00000324. The molecule has 2 N–H and O–H groups in total. The largest absolute Gasteiger partial charge is 0.497 e. The molecule has 0 unspecified atom stereocenters. The maximum atomic E-state index is 14.6. The smallest absolute Gasteiger partial charge is 0.260 e. The van der Waals surface area contributed by atoms with Crippen LogP contribution in [0.3, 0.4) is 0 Å². The van der Waals surface area contributed by atoms with Crippen LogP contribution in [-0.4, -0.2) is 37.0 Å². The molecule has 9 heteroatoms. The van der Waals surface area contributed by atoms with Gasteiger partial charge in [0, 0.05) is 42.8 Å². The highest BCUT2D eigenvalue weighted by Crippen LogP contribution is 2.26. The number of pyridine rings is 1. The van der Waals surface area contributed by atoms with Gasteiger partial charge in [-0.15, -0.1) is 12.4 Å². The fraction of sp³-hybridized carbons (Fsp3) is 0.240. The lowest BCUT2D eigenvalue weighted by Gasteiger charge is -2.33. The summed E-state index contributed by atoms with van der Waals surface area (Å²) in [6.07, 6.45) is 4.82. The predicted octanol–water partition coefficient (Wildman–Crippen LogP) is 4.76. The number of carbonyl (C=O) groups is 2. The third-order valence-corrected chi connectivity index (χ3v) is 5.74. The normalized spacial score (nSPS) is 13.5. The molecule has 0 atom stereocenters. The molecule has 1 saturated heterocycles. The van der Waals surface area contributed by atoms with Gasteiger partial charge in [-0.3, -0.25) is 14.6 Å². The SMILES string of the molecule is COc1ccc(NC(=O)c2c(F)cccc2NC(=O)C2CCN(c3ccncc3)CC2)cc1.Cl. The second-order valence-electron chi connectivity index (χ2n) is 7.80. The lowest BCUT2D eigenvalue weighted by atomic mass is 9.95. The minimum Gasteiger partial charge on any atom is -0.497 e. The van der Waals surface area contributed by atoms with E-state index in [0.717, 1.165) is 18.8 Å². The van der Waals surface area contributed by atoms with E-state index in [-0.39, 0.29) is 35.5 Å². The summed E-state index contributed by atoms with van der Waals surface area (Å²) in [6.45, 7) is 1.46. The molecule has 0 saturated carbocycles. The van der Waals surface area contributed by atoms with Gasteiger partial charge in [0.1, 0.15) is 11.6 Å². The van der Waals surface area contributed by atoms with Crippen molar-refractivity contribution in [2.24, 2.45) is 5.92 Å². The minimum absolute atomic E-state index is 0. The van der Waals surface area contributed by atoms with E-state index < -0.39 is 11.7 Å². The monoisotopic (exact) mass is 484 g/mol. The summed E-state index contributed by atoms with van der Waals surface area (Å²) in [5, 5.41) is 5.44. The highest BCUT2D eigenvalue weighted by atomic mass is 35.5. The van der Waals surface area contributed by atoms with Crippen LogP contribution in [0.1, 0.15) is 23.2 Å². The van der Waals surface area contributed by atoms with E-state index in [4.69, 9.17) is 4.74 Å². The van der Waals surface area contributed by atoms with Crippen molar-refractivity contribution in [3.05, 3.63) is 78.4 Å². The number of hydrogen-bond donors (Lipinski definition) is 2. The molecule has 2 amide bonds. The molecule has 0 aliphatic carbocycles. The van der Waals surface area contributed by atoms with Crippen molar-refractivity contribution in [2.45, 2.75) is 12.8 Å². The second kappa shape index (κ2) is 11.5. The molecular formula is C25H26ClFN4O3. The number of carbonyl (C=O) groups excluding carboxylic acids is 2. The fourth-order valence-corrected chi connectivity index (χ4v) is 3.92. The van der Waals surface area contributed by atoms with Gasteiger partial charge in [-0.25, -0.2) is 4.39 Å². The Morgan fingerprint density at radius 3 is 2.32 bits per heavy atom. The molecule has 2 heterocycles. The van der Waals surface area contributed by atoms with Gasteiger partial charge in [-0.05, 0) is 61.4 Å². The van der Waals surface area contributed by atoms with Gasteiger partial charge < -0.3 is 20.3 Å². The van der Waals surface area contributed by atoms with Gasteiger partial charge >= 0.3 is 0 Å². The Labute approximate surface area is 203 Å². The van der Waals surface area contributed by atoms with Crippen LogP contribution in [0.15, 0.2) is 67.0 Å². The maximum Gasteiger partial charge on any atom is 0.260 e. The van der Waals surface area contributed by atoms with Gasteiger partial charge in [0.25, 0.3) is 5.91 Å². The molecule has 1 aromatic heterocycles. The Hall–Kier alpha value is -3.65. The maximum absolute atomic E-state index is 14.6. The molecule has 0 radical (unpaired) electrons. The van der Waals surface area contributed by atoms with Crippen LogP contribution >= 0.6 is 12.4 Å². The summed E-state index contributed by atoms with van der Waals surface area (Å²) in [5.41, 5.74) is 1.52. The van der Waals surface area contributed by atoms with E-state index in [1.54, 1.807) is 43.8 Å². The lowest BCUT2D eigenvalue weighted by Crippen LogP contribution is -2.38. The number of nitrogens with zero attached hydrogens (tertiary/aromatic N) is 2. The first-order valence-electron chi connectivity index (χ1n) is 10.7. The van der Waals surface area contributed by atoms with E-state index in [1.165, 1.54) is 18.2 Å². The van der Waals surface area contributed by atoms with E-state index in [2.05, 4.69) is 20.5 Å². The summed E-state index contributed by atoms with van der Waals surface area (Å²) in [6, 6.07) is 14.8. The molecule has 1 fully saturated rings. The van der Waals surface area contributed by atoms with E-state index in [0.29, 0.717) is 24.3 Å². The number of methoxy groups -OCH3 is 1. The predicted molar refractivity (Wildman–Crippen MR) is 132 cm³/mol. The average molecular weight is 485 g/mol. The molecule has 178 valence electrons. The Bertz CT molecular complexity index is 1120. The van der Waals surface area contributed by atoms with Crippen LogP contribution in [0.2, 0.25) is 0 Å².